The van der Waals surface area contributed by atoms with Crippen LogP contribution in [0.3, 0.4) is 0 Å². The second kappa shape index (κ2) is 8.81. The normalized spacial score (nSPS) is 12.3. The molecule has 0 amide bonds. The molecular formula is C15H23NO2. The van der Waals surface area contributed by atoms with E-state index in [4.69, 9.17) is 0 Å². The summed E-state index contributed by atoms with van der Waals surface area (Å²) in [5.74, 6) is 0. The monoisotopic (exact) mass is 249 g/mol. The molecule has 0 bridgehead atoms. The lowest BCUT2D eigenvalue weighted by molar-refractivity contribution is 0.160. The van der Waals surface area contributed by atoms with Crippen LogP contribution in [0, 0.1) is 4.91 Å². The van der Waals surface area contributed by atoms with Gasteiger partial charge in [0.2, 0.25) is 0 Å². The van der Waals surface area contributed by atoms with Gasteiger partial charge in [-0.15, -0.1) is 0 Å². The Bertz CT molecular complexity index is 352. The molecule has 0 spiro atoms. The third-order valence-corrected chi connectivity index (χ3v) is 3.20. The van der Waals surface area contributed by atoms with Crippen LogP contribution in [-0.4, -0.2) is 11.2 Å². The maximum atomic E-state index is 10.3. The number of nitrogens with zero attached hydrogens (tertiary/aromatic N) is 1. The van der Waals surface area contributed by atoms with Crippen molar-refractivity contribution in [1.29, 1.82) is 0 Å². The SMILES string of the molecule is CCCCCCC(O)Cc1ccccc1CN=O. The molecule has 0 saturated carbocycles. The van der Waals surface area contributed by atoms with Crippen LogP contribution in [0.1, 0.15) is 50.2 Å². The van der Waals surface area contributed by atoms with Crippen LogP contribution in [0.15, 0.2) is 29.4 Å². The van der Waals surface area contributed by atoms with Gasteiger partial charge in [-0.3, -0.25) is 0 Å². The van der Waals surface area contributed by atoms with Crippen molar-refractivity contribution in [3.63, 3.8) is 0 Å². The maximum absolute atomic E-state index is 10.3. The van der Waals surface area contributed by atoms with Gasteiger partial charge in [-0.1, -0.05) is 62.0 Å². The number of rotatable bonds is 9. The third kappa shape index (κ3) is 5.41. The maximum Gasteiger partial charge on any atom is 0.106 e. The van der Waals surface area contributed by atoms with E-state index in [0.29, 0.717) is 6.42 Å². The Morgan fingerprint density at radius 3 is 2.56 bits per heavy atom. The summed E-state index contributed by atoms with van der Waals surface area (Å²) in [5.41, 5.74) is 1.97. The highest BCUT2D eigenvalue weighted by Gasteiger charge is 2.08. The Morgan fingerprint density at radius 2 is 1.89 bits per heavy atom. The van der Waals surface area contributed by atoms with Gasteiger partial charge in [-0.2, -0.15) is 4.91 Å². The number of benzene rings is 1. The van der Waals surface area contributed by atoms with Crippen LogP contribution in [0.2, 0.25) is 0 Å². The first-order valence-corrected chi connectivity index (χ1v) is 6.82. The summed E-state index contributed by atoms with van der Waals surface area (Å²) in [7, 11) is 0. The number of aliphatic hydroxyl groups is 1. The predicted octanol–water partition coefficient (Wildman–Crippen LogP) is 3.83. The summed E-state index contributed by atoms with van der Waals surface area (Å²) in [6.07, 6.45) is 5.85. The number of hydrogen-bond acceptors (Lipinski definition) is 3. The minimum Gasteiger partial charge on any atom is -0.393 e. The van der Waals surface area contributed by atoms with Crippen molar-refractivity contribution >= 4 is 0 Å². The fourth-order valence-electron chi connectivity index (χ4n) is 2.14. The van der Waals surface area contributed by atoms with Crippen LogP contribution in [0.25, 0.3) is 0 Å². The molecule has 0 aliphatic heterocycles. The molecule has 0 saturated heterocycles. The van der Waals surface area contributed by atoms with Crippen molar-refractivity contribution in [2.24, 2.45) is 5.18 Å². The molecule has 1 unspecified atom stereocenters. The molecule has 0 aliphatic rings. The summed E-state index contributed by atoms with van der Waals surface area (Å²) < 4.78 is 0. The minimum atomic E-state index is -0.311. The molecule has 0 aliphatic carbocycles. The lowest BCUT2D eigenvalue weighted by Gasteiger charge is -2.12. The molecule has 1 rings (SSSR count). The van der Waals surface area contributed by atoms with E-state index in [1.165, 1.54) is 19.3 Å². The Labute approximate surface area is 109 Å². The predicted molar refractivity (Wildman–Crippen MR) is 74.4 cm³/mol. The zero-order valence-corrected chi connectivity index (χ0v) is 11.1. The van der Waals surface area contributed by atoms with Crippen molar-refractivity contribution in [2.45, 2.75) is 58.1 Å². The lowest BCUT2D eigenvalue weighted by Crippen LogP contribution is -2.11. The van der Waals surface area contributed by atoms with Gasteiger partial charge in [0.15, 0.2) is 0 Å². The van der Waals surface area contributed by atoms with E-state index in [1.54, 1.807) is 0 Å². The van der Waals surface area contributed by atoms with Crippen LogP contribution in [0.5, 0.6) is 0 Å². The van der Waals surface area contributed by atoms with Crippen LogP contribution >= 0.6 is 0 Å². The summed E-state index contributed by atoms with van der Waals surface area (Å²) in [6, 6.07) is 7.71. The number of unbranched alkanes of at least 4 members (excludes halogenated alkanes) is 3. The summed E-state index contributed by atoms with van der Waals surface area (Å²) >= 11 is 0. The lowest BCUT2D eigenvalue weighted by atomic mass is 9.98. The Hall–Kier alpha value is -1.22. The zero-order chi connectivity index (χ0) is 13.2. The average molecular weight is 249 g/mol. The van der Waals surface area contributed by atoms with Gasteiger partial charge in [-0.25, -0.2) is 0 Å². The van der Waals surface area contributed by atoms with Crippen LogP contribution in [-0.2, 0) is 13.0 Å². The van der Waals surface area contributed by atoms with Gasteiger partial charge in [-0.05, 0) is 24.0 Å². The quantitative estimate of drug-likeness (QED) is 0.534. The fraction of sp³-hybridized carbons (Fsp3) is 0.600. The molecule has 0 heterocycles. The summed E-state index contributed by atoms with van der Waals surface area (Å²) in [4.78, 5) is 10.3. The number of hydrogen-bond donors (Lipinski definition) is 1. The zero-order valence-electron chi connectivity index (χ0n) is 11.1. The highest BCUT2D eigenvalue weighted by Crippen LogP contribution is 2.15. The molecule has 100 valence electrons. The van der Waals surface area contributed by atoms with Gasteiger partial charge in [0.1, 0.15) is 6.54 Å². The van der Waals surface area contributed by atoms with E-state index in [-0.39, 0.29) is 12.6 Å². The summed E-state index contributed by atoms with van der Waals surface area (Å²) in [5, 5.41) is 12.9. The van der Waals surface area contributed by atoms with Gasteiger partial charge >= 0.3 is 0 Å². The Kier molecular flexibility index (Phi) is 7.26. The average Bonchev–Trinajstić information content (AvgIpc) is 2.37. The third-order valence-electron chi connectivity index (χ3n) is 3.20. The van der Waals surface area contributed by atoms with Crippen LogP contribution in [0.4, 0.5) is 0 Å². The molecule has 0 fully saturated rings. The van der Waals surface area contributed by atoms with Crippen molar-refractivity contribution in [3.05, 3.63) is 40.3 Å². The molecule has 1 atom stereocenters. The smallest absolute Gasteiger partial charge is 0.106 e. The highest BCUT2D eigenvalue weighted by atomic mass is 16.3. The van der Waals surface area contributed by atoms with Crippen molar-refractivity contribution in [3.8, 4) is 0 Å². The molecule has 0 radical (unpaired) electrons. The van der Waals surface area contributed by atoms with Crippen LogP contribution < -0.4 is 0 Å². The molecular weight excluding hydrogens is 226 g/mol. The fourth-order valence-corrected chi connectivity index (χ4v) is 2.14. The topological polar surface area (TPSA) is 49.7 Å². The van der Waals surface area contributed by atoms with Gasteiger partial charge < -0.3 is 5.11 Å². The largest absolute Gasteiger partial charge is 0.393 e. The molecule has 3 heteroatoms. The van der Waals surface area contributed by atoms with E-state index in [2.05, 4.69) is 12.1 Å². The number of aliphatic hydroxyl groups excluding tert-OH is 1. The van der Waals surface area contributed by atoms with E-state index >= 15 is 0 Å². The van der Waals surface area contributed by atoms with Crippen molar-refractivity contribution < 1.29 is 5.11 Å². The van der Waals surface area contributed by atoms with Gasteiger partial charge in [0, 0.05) is 0 Å². The van der Waals surface area contributed by atoms with Gasteiger partial charge in [0.05, 0.1) is 6.10 Å². The molecule has 1 N–H and O–H groups in total. The second-order valence-corrected chi connectivity index (χ2v) is 4.76. The highest BCUT2D eigenvalue weighted by molar-refractivity contribution is 5.27. The Balaban J connectivity index is 2.43. The van der Waals surface area contributed by atoms with E-state index in [1.807, 2.05) is 24.3 Å². The molecule has 18 heavy (non-hydrogen) atoms. The summed E-state index contributed by atoms with van der Waals surface area (Å²) in [6.45, 7) is 2.37. The van der Waals surface area contributed by atoms with Crippen molar-refractivity contribution in [1.82, 2.24) is 0 Å². The molecule has 3 nitrogen and oxygen atoms in total. The van der Waals surface area contributed by atoms with Crippen molar-refractivity contribution in [2.75, 3.05) is 0 Å². The molecule has 1 aromatic carbocycles. The first-order valence-electron chi connectivity index (χ1n) is 6.82. The molecule has 1 aromatic rings. The van der Waals surface area contributed by atoms with E-state index in [9.17, 15) is 10.0 Å². The van der Waals surface area contributed by atoms with Gasteiger partial charge in [0.25, 0.3) is 0 Å². The first kappa shape index (κ1) is 14.8. The second-order valence-electron chi connectivity index (χ2n) is 4.76. The molecule has 0 aromatic heterocycles. The van der Waals surface area contributed by atoms with E-state index in [0.717, 1.165) is 24.0 Å². The Morgan fingerprint density at radius 1 is 1.17 bits per heavy atom. The standard InChI is InChI=1S/C15H23NO2/c1-2-3-4-5-10-15(17)11-13-8-6-7-9-14(13)12-16-18/h6-9,15,17H,2-5,10-12H2,1H3. The minimum absolute atomic E-state index is 0.193. The number of nitroso groups, excluding NO2 is 1. The van der Waals surface area contributed by atoms with E-state index < -0.39 is 0 Å². The first-order chi connectivity index (χ1) is 8.77.